The molecule has 2 aromatic heterocycles. The fourth-order valence-corrected chi connectivity index (χ4v) is 3.42. The molecule has 3 rings (SSSR count). The van der Waals surface area contributed by atoms with Crippen molar-refractivity contribution in [2.45, 2.75) is 33.4 Å². The smallest absolute Gasteiger partial charge is 0.387 e. The van der Waals surface area contributed by atoms with E-state index in [4.69, 9.17) is 11.6 Å². The van der Waals surface area contributed by atoms with E-state index in [1.165, 1.54) is 23.5 Å². The second-order valence-corrected chi connectivity index (χ2v) is 7.18. The lowest BCUT2D eigenvalue weighted by Crippen LogP contribution is -2.15. The zero-order valence-electron chi connectivity index (χ0n) is 15.1. The first kappa shape index (κ1) is 20.2. The molecule has 2 heterocycles. The predicted molar refractivity (Wildman–Crippen MR) is 104 cm³/mol. The Morgan fingerprint density at radius 1 is 1.32 bits per heavy atom. The van der Waals surface area contributed by atoms with E-state index in [1.807, 2.05) is 13.8 Å². The summed E-state index contributed by atoms with van der Waals surface area (Å²) in [5.74, 6) is -0.114. The Morgan fingerprint density at radius 3 is 2.64 bits per heavy atom. The lowest BCUT2D eigenvalue weighted by Gasteiger charge is -2.05. The number of amides is 1. The van der Waals surface area contributed by atoms with Crippen molar-refractivity contribution in [1.29, 1.82) is 0 Å². The number of thiazole rings is 1. The molecular weight excluding hydrogens is 410 g/mol. The molecular formula is C18H17ClF2N4O2S. The average Bonchev–Trinajstić information content (AvgIpc) is 3.20. The van der Waals surface area contributed by atoms with Crippen molar-refractivity contribution >= 4 is 34.0 Å². The summed E-state index contributed by atoms with van der Waals surface area (Å²) in [7, 11) is 0. The van der Waals surface area contributed by atoms with Crippen LogP contribution in [0.1, 0.15) is 17.8 Å². The molecule has 1 aromatic carbocycles. The minimum Gasteiger partial charge on any atom is -0.435 e. The van der Waals surface area contributed by atoms with Gasteiger partial charge in [-0.25, -0.2) is 4.98 Å². The fraction of sp³-hybridized carbons (Fsp3) is 0.278. The van der Waals surface area contributed by atoms with Crippen LogP contribution in [0.15, 0.2) is 29.6 Å². The Labute approximate surface area is 169 Å². The summed E-state index contributed by atoms with van der Waals surface area (Å²) in [5.41, 5.74) is 2.92. The van der Waals surface area contributed by atoms with Crippen LogP contribution in [0.5, 0.6) is 5.75 Å². The molecule has 6 nitrogen and oxygen atoms in total. The first-order valence-corrected chi connectivity index (χ1v) is 9.59. The van der Waals surface area contributed by atoms with E-state index < -0.39 is 6.61 Å². The lowest BCUT2D eigenvalue weighted by atomic mass is 10.2. The predicted octanol–water partition coefficient (Wildman–Crippen LogP) is 4.91. The monoisotopic (exact) mass is 426 g/mol. The minimum absolute atomic E-state index is 0.0757. The highest BCUT2D eigenvalue weighted by Crippen LogP contribution is 2.27. The van der Waals surface area contributed by atoms with Gasteiger partial charge in [0.1, 0.15) is 5.75 Å². The molecule has 10 heteroatoms. The summed E-state index contributed by atoms with van der Waals surface area (Å²) in [6, 6.07) is 6.15. The first-order chi connectivity index (χ1) is 13.3. The van der Waals surface area contributed by atoms with Crippen LogP contribution in [0.3, 0.4) is 0 Å². The van der Waals surface area contributed by atoms with Gasteiger partial charge >= 0.3 is 6.61 Å². The minimum atomic E-state index is -2.86. The highest BCUT2D eigenvalue weighted by atomic mass is 35.5. The van der Waals surface area contributed by atoms with Crippen molar-refractivity contribution in [2.75, 3.05) is 5.32 Å². The van der Waals surface area contributed by atoms with E-state index >= 15 is 0 Å². The molecule has 1 N–H and O–H groups in total. The van der Waals surface area contributed by atoms with Gasteiger partial charge in [0.2, 0.25) is 5.91 Å². The maximum Gasteiger partial charge on any atom is 0.387 e. The van der Waals surface area contributed by atoms with E-state index in [0.29, 0.717) is 22.4 Å². The van der Waals surface area contributed by atoms with E-state index in [-0.39, 0.29) is 18.1 Å². The SMILES string of the molecule is Cc1nn(CCC(=O)Nc2nc(-c3ccc(OC(F)F)cc3)cs2)c(C)c1Cl. The number of nitrogens with zero attached hydrogens (tertiary/aromatic N) is 3. The first-order valence-electron chi connectivity index (χ1n) is 8.33. The number of hydrogen-bond donors (Lipinski definition) is 1. The third kappa shape index (κ3) is 4.85. The normalized spacial score (nSPS) is 11.1. The maximum atomic E-state index is 12.2. The van der Waals surface area contributed by atoms with Crippen LogP contribution in [0.25, 0.3) is 11.3 Å². The third-order valence-electron chi connectivity index (χ3n) is 3.97. The topological polar surface area (TPSA) is 69.0 Å². The Morgan fingerprint density at radius 2 is 2.04 bits per heavy atom. The summed E-state index contributed by atoms with van der Waals surface area (Å²) < 4.78 is 30.4. The van der Waals surface area contributed by atoms with Crippen molar-refractivity contribution in [2.24, 2.45) is 0 Å². The number of halogens is 3. The number of benzene rings is 1. The molecule has 0 spiro atoms. The largest absolute Gasteiger partial charge is 0.435 e. The van der Waals surface area contributed by atoms with Gasteiger partial charge in [0, 0.05) is 17.4 Å². The summed E-state index contributed by atoms with van der Waals surface area (Å²) in [5, 5.41) is 9.88. The standard InChI is InChI=1S/C18H17ClF2N4O2S/c1-10-16(19)11(2)25(24-10)8-7-15(26)23-18-22-14(9-28-18)12-3-5-13(6-4-12)27-17(20)21/h3-6,9,17H,7-8H2,1-2H3,(H,22,23,26). The zero-order valence-corrected chi connectivity index (χ0v) is 16.7. The average molecular weight is 427 g/mol. The van der Waals surface area contributed by atoms with Crippen LogP contribution in [-0.4, -0.2) is 27.3 Å². The van der Waals surface area contributed by atoms with Crippen molar-refractivity contribution in [3.05, 3.63) is 46.1 Å². The molecule has 0 radical (unpaired) electrons. The van der Waals surface area contributed by atoms with E-state index in [0.717, 1.165) is 17.0 Å². The number of hydrogen-bond acceptors (Lipinski definition) is 5. The Kier molecular flexibility index (Phi) is 6.25. The molecule has 0 bridgehead atoms. The summed E-state index contributed by atoms with van der Waals surface area (Å²) in [6.07, 6.45) is 0.229. The maximum absolute atomic E-state index is 12.2. The molecule has 0 saturated carbocycles. The van der Waals surface area contributed by atoms with Crippen LogP contribution in [0.4, 0.5) is 13.9 Å². The van der Waals surface area contributed by atoms with Crippen LogP contribution in [0.2, 0.25) is 5.02 Å². The number of alkyl halides is 2. The van der Waals surface area contributed by atoms with Gasteiger partial charge in [-0.3, -0.25) is 9.48 Å². The molecule has 148 valence electrons. The van der Waals surface area contributed by atoms with E-state index in [1.54, 1.807) is 22.2 Å². The Balaban J connectivity index is 1.58. The lowest BCUT2D eigenvalue weighted by molar-refractivity contribution is -0.116. The molecule has 0 aliphatic heterocycles. The molecule has 1 amide bonds. The molecule has 3 aromatic rings. The van der Waals surface area contributed by atoms with Crippen LogP contribution < -0.4 is 10.1 Å². The van der Waals surface area contributed by atoms with Crippen LogP contribution in [0, 0.1) is 13.8 Å². The Bertz CT molecular complexity index is 973. The van der Waals surface area contributed by atoms with Gasteiger partial charge in [0.15, 0.2) is 5.13 Å². The molecule has 0 aliphatic carbocycles. The second kappa shape index (κ2) is 8.66. The van der Waals surface area contributed by atoms with Crippen LogP contribution in [-0.2, 0) is 11.3 Å². The fourth-order valence-electron chi connectivity index (χ4n) is 2.55. The summed E-state index contributed by atoms with van der Waals surface area (Å²) in [6.45, 7) is 1.22. The molecule has 28 heavy (non-hydrogen) atoms. The number of aromatic nitrogens is 3. The van der Waals surface area contributed by atoms with Crippen molar-refractivity contribution in [1.82, 2.24) is 14.8 Å². The number of nitrogens with one attached hydrogen (secondary N) is 1. The van der Waals surface area contributed by atoms with Gasteiger partial charge in [0.05, 0.1) is 28.6 Å². The third-order valence-corrected chi connectivity index (χ3v) is 5.27. The van der Waals surface area contributed by atoms with Crippen molar-refractivity contribution in [3.63, 3.8) is 0 Å². The highest BCUT2D eigenvalue weighted by Gasteiger charge is 2.12. The highest BCUT2D eigenvalue weighted by molar-refractivity contribution is 7.14. The molecule has 0 aliphatic rings. The number of rotatable bonds is 7. The molecule has 0 saturated heterocycles. The van der Waals surface area contributed by atoms with Gasteiger partial charge in [-0.15, -0.1) is 11.3 Å². The van der Waals surface area contributed by atoms with Gasteiger partial charge in [-0.2, -0.15) is 13.9 Å². The van der Waals surface area contributed by atoms with Gasteiger partial charge in [-0.1, -0.05) is 11.6 Å². The summed E-state index contributed by atoms with van der Waals surface area (Å²) in [4.78, 5) is 16.5. The van der Waals surface area contributed by atoms with Gasteiger partial charge < -0.3 is 10.1 Å². The summed E-state index contributed by atoms with van der Waals surface area (Å²) >= 11 is 7.38. The zero-order chi connectivity index (χ0) is 20.3. The van der Waals surface area contributed by atoms with Gasteiger partial charge in [-0.05, 0) is 38.1 Å². The molecule has 0 atom stereocenters. The number of ether oxygens (including phenoxy) is 1. The number of carbonyl (C=O) groups is 1. The van der Waals surface area contributed by atoms with Crippen molar-refractivity contribution in [3.8, 4) is 17.0 Å². The van der Waals surface area contributed by atoms with E-state index in [2.05, 4.69) is 20.1 Å². The van der Waals surface area contributed by atoms with Crippen LogP contribution >= 0.6 is 22.9 Å². The quantitative estimate of drug-likeness (QED) is 0.583. The number of carbonyl (C=O) groups excluding carboxylic acids is 1. The molecule has 0 unspecified atom stereocenters. The second-order valence-electron chi connectivity index (χ2n) is 5.95. The molecule has 0 fully saturated rings. The van der Waals surface area contributed by atoms with Crippen molar-refractivity contribution < 1.29 is 18.3 Å². The number of aryl methyl sites for hydroxylation is 2. The van der Waals surface area contributed by atoms with Gasteiger partial charge in [0.25, 0.3) is 0 Å². The Hall–Kier alpha value is -2.52. The number of anilines is 1. The van der Waals surface area contributed by atoms with E-state index in [9.17, 15) is 13.6 Å².